The van der Waals surface area contributed by atoms with Gasteiger partial charge >= 0.3 is 0 Å². The number of benzene rings is 1. The molecular weight excluding hydrogens is 308 g/mol. The van der Waals surface area contributed by atoms with Crippen molar-refractivity contribution < 1.29 is 9.90 Å². The lowest BCUT2D eigenvalue weighted by Gasteiger charge is -2.39. The monoisotopic (exact) mass is 330 g/mol. The van der Waals surface area contributed by atoms with Crippen LogP contribution in [0.4, 0.5) is 0 Å². The van der Waals surface area contributed by atoms with Crippen molar-refractivity contribution >= 4 is 5.91 Å². The molecule has 0 spiro atoms. The van der Waals surface area contributed by atoms with Gasteiger partial charge in [0.2, 0.25) is 0 Å². The number of aromatic nitrogens is 4. The molecule has 1 aromatic carbocycles. The number of nitrogens with one attached hydrogen (secondary N) is 1. The van der Waals surface area contributed by atoms with E-state index in [4.69, 9.17) is 0 Å². The van der Waals surface area contributed by atoms with Crippen molar-refractivity contribution in [3.8, 4) is 0 Å². The molecule has 2 heterocycles. The van der Waals surface area contributed by atoms with E-state index in [0.29, 0.717) is 18.8 Å². The third kappa shape index (κ3) is 3.77. The van der Waals surface area contributed by atoms with Crippen LogP contribution in [0.5, 0.6) is 0 Å². The van der Waals surface area contributed by atoms with Crippen molar-refractivity contribution in [1.82, 2.24) is 30.4 Å². The van der Waals surface area contributed by atoms with Gasteiger partial charge in [0.25, 0.3) is 5.91 Å². The van der Waals surface area contributed by atoms with E-state index in [-0.39, 0.29) is 12.5 Å². The molecule has 1 aromatic heterocycles. The highest BCUT2D eigenvalue weighted by Crippen LogP contribution is 2.25. The first-order valence-corrected chi connectivity index (χ1v) is 8.03. The molecule has 128 valence electrons. The normalized spacial score (nSPS) is 21.6. The summed E-state index contributed by atoms with van der Waals surface area (Å²) in [5, 5.41) is 24.4. The van der Waals surface area contributed by atoms with Gasteiger partial charge in [-0.1, -0.05) is 35.5 Å². The number of hydrogen-bond acceptors (Lipinski definition) is 6. The maximum atomic E-state index is 12.7. The van der Waals surface area contributed by atoms with E-state index >= 15 is 0 Å². The molecule has 1 amide bonds. The van der Waals surface area contributed by atoms with Gasteiger partial charge in [0.1, 0.15) is 0 Å². The minimum atomic E-state index is -1.37. The number of aromatic amines is 1. The van der Waals surface area contributed by atoms with Crippen molar-refractivity contribution in [1.29, 1.82) is 0 Å². The van der Waals surface area contributed by atoms with E-state index in [2.05, 4.69) is 37.7 Å². The van der Waals surface area contributed by atoms with Gasteiger partial charge in [-0.05, 0) is 24.9 Å². The number of carbonyl (C=O) groups excluding carboxylic acids is 1. The summed E-state index contributed by atoms with van der Waals surface area (Å²) in [7, 11) is 1.65. The van der Waals surface area contributed by atoms with E-state index in [0.717, 1.165) is 19.5 Å². The maximum absolute atomic E-state index is 12.7. The minimum absolute atomic E-state index is 0.219. The van der Waals surface area contributed by atoms with Crippen LogP contribution in [0.15, 0.2) is 30.3 Å². The van der Waals surface area contributed by atoms with E-state index in [1.54, 1.807) is 7.05 Å². The molecule has 24 heavy (non-hydrogen) atoms. The number of tetrazole rings is 1. The maximum Gasteiger partial charge on any atom is 0.256 e. The van der Waals surface area contributed by atoms with Gasteiger partial charge < -0.3 is 10.0 Å². The number of likely N-dealkylation sites (tertiary alicyclic amines) is 1. The number of rotatable bonds is 5. The molecule has 1 aliphatic heterocycles. The van der Waals surface area contributed by atoms with Crippen LogP contribution in [0.1, 0.15) is 24.2 Å². The van der Waals surface area contributed by atoms with Crippen LogP contribution in [0.3, 0.4) is 0 Å². The Balaban J connectivity index is 1.63. The smallest absolute Gasteiger partial charge is 0.256 e. The number of amides is 1. The largest absolute Gasteiger partial charge is 0.379 e. The number of nitrogens with zero attached hydrogens (tertiary/aromatic N) is 5. The second-order valence-corrected chi connectivity index (χ2v) is 6.32. The Hall–Kier alpha value is -2.32. The number of carbonyl (C=O) groups is 1. The van der Waals surface area contributed by atoms with Gasteiger partial charge in [0, 0.05) is 20.1 Å². The predicted octanol–water partition coefficient (Wildman–Crippen LogP) is 0.185. The second kappa shape index (κ2) is 7.06. The molecule has 1 saturated heterocycles. The van der Waals surface area contributed by atoms with Gasteiger partial charge in [-0.2, -0.15) is 5.21 Å². The number of H-pyrrole nitrogens is 1. The lowest BCUT2D eigenvalue weighted by Crippen LogP contribution is -2.57. The SMILES string of the molecule is CN(Cc1nn[nH]n1)C(=O)C1(O)CCCN(Cc2ccccc2)C1. The first-order chi connectivity index (χ1) is 11.6. The van der Waals surface area contributed by atoms with Gasteiger partial charge in [0.05, 0.1) is 6.54 Å². The number of aliphatic hydroxyl groups is 1. The molecule has 0 radical (unpaired) electrons. The van der Waals surface area contributed by atoms with E-state index in [1.165, 1.54) is 10.5 Å². The molecule has 3 rings (SSSR count). The van der Waals surface area contributed by atoms with E-state index in [9.17, 15) is 9.90 Å². The zero-order chi connectivity index (χ0) is 17.0. The van der Waals surface area contributed by atoms with Crippen molar-refractivity contribution in [2.75, 3.05) is 20.1 Å². The highest BCUT2D eigenvalue weighted by molar-refractivity contribution is 5.85. The van der Waals surface area contributed by atoms with Gasteiger partial charge in [0.15, 0.2) is 11.4 Å². The summed E-state index contributed by atoms with van der Waals surface area (Å²) in [4.78, 5) is 16.3. The Bertz CT molecular complexity index is 662. The third-order valence-corrected chi connectivity index (χ3v) is 4.31. The van der Waals surface area contributed by atoms with Crippen LogP contribution in [0, 0.1) is 0 Å². The minimum Gasteiger partial charge on any atom is -0.379 e. The summed E-state index contributed by atoms with van der Waals surface area (Å²) in [5.74, 6) is 0.122. The molecule has 0 bridgehead atoms. The third-order valence-electron chi connectivity index (χ3n) is 4.31. The molecule has 1 fully saturated rings. The number of hydrogen-bond donors (Lipinski definition) is 2. The topological polar surface area (TPSA) is 98.2 Å². The van der Waals surface area contributed by atoms with Crippen LogP contribution in [0.25, 0.3) is 0 Å². The summed E-state index contributed by atoms with van der Waals surface area (Å²) < 4.78 is 0. The Morgan fingerprint density at radius 3 is 2.92 bits per heavy atom. The average Bonchev–Trinajstić information content (AvgIpc) is 3.08. The van der Waals surface area contributed by atoms with Gasteiger partial charge in [-0.3, -0.25) is 9.69 Å². The van der Waals surface area contributed by atoms with Crippen molar-refractivity contribution in [3.05, 3.63) is 41.7 Å². The molecular formula is C16H22N6O2. The molecule has 1 atom stereocenters. The molecule has 0 aliphatic carbocycles. The highest BCUT2D eigenvalue weighted by atomic mass is 16.3. The van der Waals surface area contributed by atoms with Crippen molar-refractivity contribution in [2.24, 2.45) is 0 Å². The Morgan fingerprint density at radius 2 is 2.21 bits per heavy atom. The van der Waals surface area contributed by atoms with Crippen LogP contribution in [-0.2, 0) is 17.9 Å². The van der Waals surface area contributed by atoms with Gasteiger partial charge in [-0.15, -0.1) is 10.2 Å². The zero-order valence-electron chi connectivity index (χ0n) is 13.7. The molecule has 2 N–H and O–H groups in total. The number of β-amino-alcohol motifs (C(OH)–C–C–N with tert-alkyl or cyclic N) is 1. The predicted molar refractivity (Wildman–Crippen MR) is 86.6 cm³/mol. The standard InChI is InChI=1S/C16H22N6O2/c1-21(11-14-17-19-20-18-14)15(23)16(24)8-5-9-22(12-16)10-13-6-3-2-4-7-13/h2-4,6-7,24H,5,8-12H2,1H3,(H,17,18,19,20). The molecule has 8 nitrogen and oxygen atoms in total. The summed E-state index contributed by atoms with van der Waals surface area (Å²) in [5.41, 5.74) is -0.194. The molecule has 1 aliphatic rings. The highest BCUT2D eigenvalue weighted by Gasteiger charge is 2.42. The molecule has 2 aromatic rings. The molecule has 0 saturated carbocycles. The Morgan fingerprint density at radius 1 is 1.42 bits per heavy atom. The van der Waals surface area contributed by atoms with Crippen LogP contribution < -0.4 is 0 Å². The van der Waals surface area contributed by atoms with Crippen LogP contribution >= 0.6 is 0 Å². The van der Waals surface area contributed by atoms with Crippen molar-refractivity contribution in [3.63, 3.8) is 0 Å². The first kappa shape index (κ1) is 16.5. The Labute approximate surface area is 140 Å². The molecule has 8 heteroatoms. The van der Waals surface area contributed by atoms with E-state index < -0.39 is 5.60 Å². The number of likely N-dealkylation sites (N-methyl/N-ethyl adjacent to an activating group) is 1. The summed E-state index contributed by atoms with van der Waals surface area (Å²) >= 11 is 0. The van der Waals surface area contributed by atoms with Crippen molar-refractivity contribution in [2.45, 2.75) is 31.5 Å². The average molecular weight is 330 g/mol. The zero-order valence-corrected chi connectivity index (χ0v) is 13.7. The quantitative estimate of drug-likeness (QED) is 0.812. The Kier molecular flexibility index (Phi) is 4.86. The second-order valence-electron chi connectivity index (χ2n) is 6.32. The summed E-state index contributed by atoms with van der Waals surface area (Å²) in [6, 6.07) is 10.1. The van der Waals surface area contributed by atoms with E-state index in [1.807, 2.05) is 18.2 Å². The van der Waals surface area contributed by atoms with Crippen LogP contribution in [-0.4, -0.2) is 67.2 Å². The van der Waals surface area contributed by atoms with Gasteiger partial charge in [-0.25, -0.2) is 0 Å². The first-order valence-electron chi connectivity index (χ1n) is 8.03. The lowest BCUT2D eigenvalue weighted by molar-refractivity contribution is -0.156. The molecule has 1 unspecified atom stereocenters. The number of piperidine rings is 1. The van der Waals surface area contributed by atoms with Crippen LogP contribution in [0.2, 0.25) is 0 Å². The summed E-state index contributed by atoms with van der Waals surface area (Å²) in [6.07, 6.45) is 1.25. The summed E-state index contributed by atoms with van der Waals surface area (Å²) in [6.45, 7) is 2.15. The fourth-order valence-corrected chi connectivity index (χ4v) is 3.16. The fourth-order valence-electron chi connectivity index (χ4n) is 3.16. The lowest BCUT2D eigenvalue weighted by atomic mass is 9.91. The fraction of sp³-hybridized carbons (Fsp3) is 0.500.